The number of nitrogens with one attached hydrogen (secondary N) is 1. The zero-order chi connectivity index (χ0) is 21.4. The molecule has 0 aliphatic heterocycles. The van der Waals surface area contributed by atoms with Crippen molar-refractivity contribution in [3.8, 4) is 0 Å². The van der Waals surface area contributed by atoms with Gasteiger partial charge >= 0.3 is 0 Å². The molecule has 0 spiro atoms. The molecule has 0 saturated heterocycles. The van der Waals surface area contributed by atoms with Crippen LogP contribution < -0.4 is 16.8 Å². The molecule has 0 unspecified atom stereocenters. The van der Waals surface area contributed by atoms with Gasteiger partial charge < -0.3 is 21.2 Å². The number of amides is 1. The highest BCUT2D eigenvalue weighted by molar-refractivity contribution is 6.14. The minimum Gasteiger partial charge on any atom is -0.438 e. The topological polar surface area (TPSA) is 120 Å². The third kappa shape index (κ3) is 3.89. The Morgan fingerprint density at radius 3 is 2.80 bits per heavy atom. The van der Waals surface area contributed by atoms with Crippen LogP contribution in [0.1, 0.15) is 73.4 Å². The minimum atomic E-state index is -0.349. The molecule has 30 heavy (non-hydrogen) atoms. The van der Waals surface area contributed by atoms with Gasteiger partial charge in [0, 0.05) is 18.4 Å². The molecule has 3 aromatic heterocycles. The van der Waals surface area contributed by atoms with Crippen LogP contribution in [0.3, 0.4) is 0 Å². The second-order valence-electron chi connectivity index (χ2n) is 8.80. The third-order valence-electron chi connectivity index (χ3n) is 5.99. The summed E-state index contributed by atoms with van der Waals surface area (Å²) in [5, 5.41) is 2.99. The van der Waals surface area contributed by atoms with E-state index in [1.165, 1.54) is 0 Å². The molecule has 1 fully saturated rings. The monoisotopic (exact) mass is 407 g/mol. The van der Waals surface area contributed by atoms with Gasteiger partial charge in [-0.15, -0.1) is 0 Å². The number of anilines is 2. The number of pyridine rings is 2. The first-order chi connectivity index (χ1) is 14.3. The Balaban J connectivity index is 1.65. The van der Waals surface area contributed by atoms with Crippen LogP contribution in [0, 0.1) is 5.92 Å². The summed E-state index contributed by atoms with van der Waals surface area (Å²) >= 11 is 0. The second kappa shape index (κ2) is 8.07. The molecule has 0 bridgehead atoms. The van der Waals surface area contributed by atoms with Crippen molar-refractivity contribution in [2.24, 2.45) is 11.7 Å². The van der Waals surface area contributed by atoms with Gasteiger partial charge in [-0.25, -0.2) is 0 Å². The molecule has 1 aliphatic carbocycles. The molecule has 0 radical (unpaired) electrons. The summed E-state index contributed by atoms with van der Waals surface area (Å²) in [6, 6.07) is 4.03. The van der Waals surface area contributed by atoms with Crippen molar-refractivity contribution in [1.29, 1.82) is 0 Å². The smallest absolute Gasteiger partial charge is 0.263 e. The van der Waals surface area contributed by atoms with Crippen LogP contribution in [-0.2, 0) is 0 Å². The fourth-order valence-electron chi connectivity index (χ4n) is 4.51. The number of nitrogens with two attached hydrogens (primary N) is 2. The lowest BCUT2D eigenvalue weighted by molar-refractivity contribution is 0.102. The van der Waals surface area contributed by atoms with Gasteiger partial charge in [0.1, 0.15) is 11.1 Å². The van der Waals surface area contributed by atoms with Crippen molar-refractivity contribution in [3.05, 3.63) is 47.4 Å². The average molecular weight is 408 g/mol. The van der Waals surface area contributed by atoms with E-state index in [0.717, 1.165) is 30.4 Å². The number of furan rings is 1. The quantitative estimate of drug-likeness (QED) is 0.589. The molecule has 7 heteroatoms. The van der Waals surface area contributed by atoms with Crippen LogP contribution in [0.2, 0.25) is 0 Å². The summed E-state index contributed by atoms with van der Waals surface area (Å²) in [6.07, 6.45) is 8.17. The van der Waals surface area contributed by atoms with Crippen LogP contribution in [0.4, 0.5) is 11.6 Å². The molecule has 3 atom stereocenters. The number of carbonyl (C=O) groups excluding carboxylic acids is 1. The largest absolute Gasteiger partial charge is 0.438 e. The molecule has 5 N–H and O–H groups in total. The van der Waals surface area contributed by atoms with Crippen molar-refractivity contribution >= 4 is 28.6 Å². The zero-order valence-electron chi connectivity index (χ0n) is 17.7. The van der Waals surface area contributed by atoms with Crippen LogP contribution in [-0.4, -0.2) is 21.9 Å². The SMILES string of the molecule is CC(C)c1cnc2c(C(=O)Nc3cnccc3[C@H]3C[C@@H](C)C[C@@H](N)C3)c(N)oc2c1. The normalized spacial score (nSPS) is 21.8. The zero-order valence-corrected chi connectivity index (χ0v) is 17.7. The van der Waals surface area contributed by atoms with E-state index in [0.29, 0.717) is 28.6 Å². The van der Waals surface area contributed by atoms with Crippen LogP contribution in [0.5, 0.6) is 0 Å². The minimum absolute atomic E-state index is 0.0645. The van der Waals surface area contributed by atoms with Gasteiger partial charge in [-0.2, -0.15) is 0 Å². The Morgan fingerprint density at radius 2 is 2.07 bits per heavy atom. The van der Waals surface area contributed by atoms with E-state index in [1.807, 2.05) is 12.1 Å². The standard InChI is InChI=1S/C23H29N5O2/c1-12(2)15-9-19-21(27-10-15)20(22(25)30-19)23(29)28-18-11-26-5-4-17(18)14-6-13(3)7-16(24)8-14/h4-5,9-14,16H,6-8,24-25H2,1-3H3,(H,28,29)/t13-,14+,16-/m1/s1. The van der Waals surface area contributed by atoms with E-state index in [1.54, 1.807) is 18.6 Å². The van der Waals surface area contributed by atoms with Crippen molar-refractivity contribution in [2.45, 2.75) is 57.9 Å². The van der Waals surface area contributed by atoms with Crippen LogP contribution in [0.25, 0.3) is 11.1 Å². The number of carbonyl (C=O) groups is 1. The molecule has 0 aromatic carbocycles. The van der Waals surface area contributed by atoms with E-state index in [2.05, 4.69) is 36.1 Å². The van der Waals surface area contributed by atoms with E-state index in [-0.39, 0.29) is 29.3 Å². The fraction of sp³-hybridized carbons (Fsp3) is 0.435. The predicted octanol–water partition coefficient (Wildman–Crippen LogP) is 4.41. The summed E-state index contributed by atoms with van der Waals surface area (Å²) < 4.78 is 5.65. The maximum absolute atomic E-state index is 13.1. The van der Waals surface area contributed by atoms with Gasteiger partial charge in [0.05, 0.1) is 11.9 Å². The second-order valence-corrected chi connectivity index (χ2v) is 8.80. The van der Waals surface area contributed by atoms with Crippen molar-refractivity contribution in [1.82, 2.24) is 9.97 Å². The summed E-state index contributed by atoms with van der Waals surface area (Å²) in [5.74, 6) is 0.844. The van der Waals surface area contributed by atoms with Gasteiger partial charge in [0.25, 0.3) is 5.91 Å². The molecule has 1 amide bonds. The Bertz CT molecular complexity index is 1060. The molecule has 1 saturated carbocycles. The Hall–Kier alpha value is -2.93. The van der Waals surface area contributed by atoms with Crippen molar-refractivity contribution in [3.63, 3.8) is 0 Å². The van der Waals surface area contributed by atoms with Crippen molar-refractivity contribution in [2.75, 3.05) is 11.1 Å². The summed E-state index contributed by atoms with van der Waals surface area (Å²) in [6.45, 7) is 6.37. The lowest BCUT2D eigenvalue weighted by atomic mass is 9.76. The molecule has 3 aromatic rings. The lowest BCUT2D eigenvalue weighted by Crippen LogP contribution is -2.31. The maximum Gasteiger partial charge on any atom is 0.263 e. The molecule has 3 heterocycles. The molecular formula is C23H29N5O2. The van der Waals surface area contributed by atoms with Gasteiger partial charge in [-0.1, -0.05) is 20.8 Å². The van der Waals surface area contributed by atoms with Gasteiger partial charge in [-0.3, -0.25) is 14.8 Å². The van der Waals surface area contributed by atoms with Gasteiger partial charge in [0.2, 0.25) is 5.88 Å². The van der Waals surface area contributed by atoms with E-state index in [4.69, 9.17) is 15.9 Å². The summed E-state index contributed by atoms with van der Waals surface area (Å²) in [4.78, 5) is 21.8. The average Bonchev–Trinajstić information content (AvgIpc) is 3.02. The molecule has 158 valence electrons. The van der Waals surface area contributed by atoms with Crippen LogP contribution in [0.15, 0.2) is 35.1 Å². The number of nitrogen functional groups attached to an aromatic ring is 1. The highest BCUT2D eigenvalue weighted by Crippen LogP contribution is 2.38. The number of nitrogens with zero attached hydrogens (tertiary/aromatic N) is 2. The molecule has 7 nitrogen and oxygen atoms in total. The lowest BCUT2D eigenvalue weighted by Gasteiger charge is -2.32. The van der Waals surface area contributed by atoms with Crippen molar-refractivity contribution < 1.29 is 9.21 Å². The number of hydrogen-bond acceptors (Lipinski definition) is 6. The Kier molecular flexibility index (Phi) is 5.47. The van der Waals surface area contributed by atoms with E-state index >= 15 is 0 Å². The summed E-state index contributed by atoms with van der Waals surface area (Å²) in [7, 11) is 0. The van der Waals surface area contributed by atoms with Crippen LogP contribution >= 0.6 is 0 Å². The number of rotatable bonds is 4. The third-order valence-corrected chi connectivity index (χ3v) is 5.99. The predicted molar refractivity (Wildman–Crippen MR) is 118 cm³/mol. The molecule has 4 rings (SSSR count). The molecule has 1 aliphatic rings. The summed E-state index contributed by atoms with van der Waals surface area (Å²) in [5.41, 5.74) is 16.3. The number of hydrogen-bond donors (Lipinski definition) is 3. The van der Waals surface area contributed by atoms with Gasteiger partial charge in [0.15, 0.2) is 5.58 Å². The number of aromatic nitrogens is 2. The fourth-order valence-corrected chi connectivity index (χ4v) is 4.51. The first-order valence-corrected chi connectivity index (χ1v) is 10.5. The Labute approximate surface area is 176 Å². The van der Waals surface area contributed by atoms with E-state index in [9.17, 15) is 4.79 Å². The highest BCUT2D eigenvalue weighted by Gasteiger charge is 2.28. The first-order valence-electron chi connectivity index (χ1n) is 10.5. The number of fused-ring (bicyclic) bond motifs is 1. The van der Waals surface area contributed by atoms with E-state index < -0.39 is 0 Å². The highest BCUT2D eigenvalue weighted by atomic mass is 16.3. The maximum atomic E-state index is 13.1. The van der Waals surface area contributed by atoms with Gasteiger partial charge in [-0.05, 0) is 60.3 Å². The molecular weight excluding hydrogens is 378 g/mol. The Morgan fingerprint density at radius 1 is 1.27 bits per heavy atom. The first kappa shape index (κ1) is 20.3.